The van der Waals surface area contributed by atoms with Crippen molar-refractivity contribution >= 4 is 5.95 Å². The van der Waals surface area contributed by atoms with Crippen LogP contribution in [-0.4, -0.2) is 9.97 Å². The minimum atomic E-state index is 0.343. The van der Waals surface area contributed by atoms with E-state index in [4.69, 9.17) is 5.73 Å². The van der Waals surface area contributed by atoms with E-state index in [1.54, 1.807) is 0 Å². The van der Waals surface area contributed by atoms with Crippen molar-refractivity contribution in [1.29, 1.82) is 0 Å². The van der Waals surface area contributed by atoms with Gasteiger partial charge in [0, 0.05) is 11.3 Å². The second kappa shape index (κ2) is 5.00. The van der Waals surface area contributed by atoms with Crippen molar-refractivity contribution in [2.75, 3.05) is 5.73 Å². The van der Waals surface area contributed by atoms with E-state index in [9.17, 15) is 0 Å². The second-order valence-electron chi connectivity index (χ2n) is 5.44. The molecule has 0 amide bonds. The summed E-state index contributed by atoms with van der Waals surface area (Å²) in [6, 6.07) is 6.41. The van der Waals surface area contributed by atoms with E-state index < -0.39 is 0 Å². The Morgan fingerprint density at radius 3 is 2.16 bits per heavy atom. The van der Waals surface area contributed by atoms with Gasteiger partial charge in [-0.2, -0.15) is 0 Å². The molecule has 0 fully saturated rings. The Balaban J connectivity index is 2.62. The van der Waals surface area contributed by atoms with Crippen LogP contribution >= 0.6 is 0 Å². The molecule has 1 aromatic heterocycles. The number of rotatable bonds is 2. The highest BCUT2D eigenvalue weighted by molar-refractivity contribution is 5.66. The average molecular weight is 255 g/mol. The minimum Gasteiger partial charge on any atom is -0.368 e. The number of benzene rings is 1. The standard InChI is InChI=1S/C16H21N3/c1-9(2)14-8-15(19-16(17)18-14)13-7-11(4)10(3)6-12(13)5/h6-9H,1-5H3,(H2,17,18,19). The highest BCUT2D eigenvalue weighted by Gasteiger charge is 2.10. The molecule has 0 unspecified atom stereocenters. The summed E-state index contributed by atoms with van der Waals surface area (Å²) in [5.41, 5.74) is 12.7. The van der Waals surface area contributed by atoms with E-state index in [1.807, 2.05) is 6.07 Å². The van der Waals surface area contributed by atoms with Gasteiger partial charge in [0.1, 0.15) is 0 Å². The first-order chi connectivity index (χ1) is 8.88. The molecule has 0 radical (unpaired) electrons. The van der Waals surface area contributed by atoms with Crippen molar-refractivity contribution in [2.45, 2.75) is 40.5 Å². The van der Waals surface area contributed by atoms with Crippen LogP contribution in [0.15, 0.2) is 18.2 Å². The first kappa shape index (κ1) is 13.5. The third-order valence-electron chi connectivity index (χ3n) is 3.47. The Kier molecular flexibility index (Phi) is 3.56. The number of hydrogen-bond donors (Lipinski definition) is 1. The third kappa shape index (κ3) is 2.75. The summed E-state index contributed by atoms with van der Waals surface area (Å²) in [6.07, 6.45) is 0. The zero-order valence-corrected chi connectivity index (χ0v) is 12.3. The van der Waals surface area contributed by atoms with Gasteiger partial charge in [-0.25, -0.2) is 9.97 Å². The molecule has 1 heterocycles. The number of anilines is 1. The molecule has 0 aliphatic heterocycles. The van der Waals surface area contributed by atoms with E-state index in [2.05, 4.69) is 56.7 Å². The first-order valence-electron chi connectivity index (χ1n) is 6.61. The van der Waals surface area contributed by atoms with Crippen LogP contribution in [0.25, 0.3) is 11.3 Å². The summed E-state index contributed by atoms with van der Waals surface area (Å²) in [5.74, 6) is 0.690. The first-order valence-corrected chi connectivity index (χ1v) is 6.61. The normalized spacial score (nSPS) is 11.1. The van der Waals surface area contributed by atoms with Crippen LogP contribution in [0.4, 0.5) is 5.95 Å². The Labute approximate surface area is 114 Å². The van der Waals surface area contributed by atoms with Crippen molar-refractivity contribution in [3.05, 3.63) is 40.6 Å². The van der Waals surface area contributed by atoms with Crippen molar-refractivity contribution in [2.24, 2.45) is 0 Å². The molecule has 1 aromatic carbocycles. The smallest absolute Gasteiger partial charge is 0.220 e. The van der Waals surface area contributed by atoms with Crippen molar-refractivity contribution in [1.82, 2.24) is 9.97 Å². The number of nitrogens with two attached hydrogens (primary N) is 1. The summed E-state index contributed by atoms with van der Waals surface area (Å²) in [6.45, 7) is 10.6. The third-order valence-corrected chi connectivity index (χ3v) is 3.47. The Bertz CT molecular complexity index is 616. The summed E-state index contributed by atoms with van der Waals surface area (Å²) in [7, 11) is 0. The highest BCUT2D eigenvalue weighted by atomic mass is 15.0. The molecule has 0 spiro atoms. The molecule has 3 heteroatoms. The van der Waals surface area contributed by atoms with Gasteiger partial charge in [0.15, 0.2) is 0 Å². The molecule has 0 bridgehead atoms. The highest BCUT2D eigenvalue weighted by Crippen LogP contribution is 2.27. The molecule has 0 saturated heterocycles. The second-order valence-corrected chi connectivity index (χ2v) is 5.44. The monoisotopic (exact) mass is 255 g/mol. The van der Waals surface area contributed by atoms with E-state index in [-0.39, 0.29) is 0 Å². The Morgan fingerprint density at radius 1 is 0.895 bits per heavy atom. The molecule has 2 N–H and O–H groups in total. The largest absolute Gasteiger partial charge is 0.368 e. The summed E-state index contributed by atoms with van der Waals surface area (Å²) < 4.78 is 0. The predicted octanol–water partition coefficient (Wildman–Crippen LogP) is 3.77. The number of nitrogen functional groups attached to an aromatic ring is 1. The van der Waals surface area contributed by atoms with Gasteiger partial charge in [-0.3, -0.25) is 0 Å². The van der Waals surface area contributed by atoms with Crippen molar-refractivity contribution < 1.29 is 0 Å². The maximum atomic E-state index is 5.83. The number of hydrogen-bond acceptors (Lipinski definition) is 3. The van der Waals surface area contributed by atoms with Gasteiger partial charge in [-0.1, -0.05) is 19.9 Å². The van der Waals surface area contributed by atoms with Gasteiger partial charge in [0.05, 0.1) is 5.69 Å². The van der Waals surface area contributed by atoms with Crippen LogP contribution in [0.1, 0.15) is 42.1 Å². The molecule has 0 aliphatic rings. The van der Waals surface area contributed by atoms with Crippen molar-refractivity contribution in [3.8, 4) is 11.3 Å². The predicted molar refractivity (Wildman–Crippen MR) is 80.2 cm³/mol. The number of nitrogens with zero attached hydrogens (tertiary/aromatic N) is 2. The van der Waals surface area contributed by atoms with Gasteiger partial charge in [-0.15, -0.1) is 0 Å². The lowest BCUT2D eigenvalue weighted by atomic mass is 9.97. The molecule has 3 nitrogen and oxygen atoms in total. The minimum absolute atomic E-state index is 0.343. The van der Waals surface area contributed by atoms with Crippen LogP contribution in [-0.2, 0) is 0 Å². The fourth-order valence-corrected chi connectivity index (χ4v) is 2.16. The summed E-state index contributed by atoms with van der Waals surface area (Å²) in [5, 5.41) is 0. The maximum Gasteiger partial charge on any atom is 0.220 e. The van der Waals surface area contributed by atoms with Crippen LogP contribution in [0.3, 0.4) is 0 Å². The van der Waals surface area contributed by atoms with E-state index in [0.29, 0.717) is 11.9 Å². The molecule has 19 heavy (non-hydrogen) atoms. The zero-order valence-electron chi connectivity index (χ0n) is 12.3. The topological polar surface area (TPSA) is 51.8 Å². The van der Waals surface area contributed by atoms with Gasteiger partial charge < -0.3 is 5.73 Å². The molecule has 0 atom stereocenters. The fourth-order valence-electron chi connectivity index (χ4n) is 2.16. The fraction of sp³-hybridized carbons (Fsp3) is 0.375. The number of aryl methyl sites for hydroxylation is 3. The van der Waals surface area contributed by atoms with Gasteiger partial charge in [0.25, 0.3) is 0 Å². The Morgan fingerprint density at radius 2 is 1.53 bits per heavy atom. The number of aromatic nitrogens is 2. The quantitative estimate of drug-likeness (QED) is 0.888. The molecular weight excluding hydrogens is 234 g/mol. The van der Waals surface area contributed by atoms with Gasteiger partial charge >= 0.3 is 0 Å². The van der Waals surface area contributed by atoms with E-state index in [1.165, 1.54) is 16.7 Å². The Hall–Kier alpha value is -1.90. The van der Waals surface area contributed by atoms with Gasteiger partial charge in [0.2, 0.25) is 5.95 Å². The molecule has 2 rings (SSSR count). The molecule has 2 aromatic rings. The zero-order chi connectivity index (χ0) is 14.2. The summed E-state index contributed by atoms with van der Waals surface area (Å²) in [4.78, 5) is 8.68. The van der Waals surface area contributed by atoms with Gasteiger partial charge in [-0.05, 0) is 55.5 Å². The summed E-state index contributed by atoms with van der Waals surface area (Å²) >= 11 is 0. The van der Waals surface area contributed by atoms with Crippen LogP contribution in [0, 0.1) is 20.8 Å². The molecule has 100 valence electrons. The molecule has 0 saturated carbocycles. The van der Waals surface area contributed by atoms with E-state index >= 15 is 0 Å². The van der Waals surface area contributed by atoms with E-state index in [0.717, 1.165) is 17.0 Å². The lowest BCUT2D eigenvalue weighted by Crippen LogP contribution is -2.03. The van der Waals surface area contributed by atoms with Crippen LogP contribution in [0.2, 0.25) is 0 Å². The van der Waals surface area contributed by atoms with Crippen molar-refractivity contribution in [3.63, 3.8) is 0 Å². The molecular formula is C16H21N3. The SMILES string of the molecule is Cc1cc(C)c(-c2cc(C(C)C)nc(N)n2)cc1C. The average Bonchev–Trinajstić information content (AvgIpc) is 2.33. The maximum absolute atomic E-state index is 5.83. The lowest BCUT2D eigenvalue weighted by molar-refractivity contribution is 0.819. The van der Waals surface area contributed by atoms with Crippen LogP contribution < -0.4 is 5.73 Å². The molecule has 0 aliphatic carbocycles. The lowest BCUT2D eigenvalue weighted by Gasteiger charge is -2.12. The van der Waals surface area contributed by atoms with Crippen LogP contribution in [0.5, 0.6) is 0 Å².